The fourth-order valence-electron chi connectivity index (χ4n) is 9.49. The zero-order valence-electron chi connectivity index (χ0n) is 50.2. The molecule has 0 saturated heterocycles. The monoisotopic (exact) mass is 1310 g/mol. The zero-order chi connectivity index (χ0) is 63.4. The zero-order valence-corrected chi connectivity index (χ0v) is 53.5. The maximum atomic E-state index is 6.57. The van der Waals surface area contributed by atoms with E-state index in [-0.39, 0.29) is 26.4 Å². The van der Waals surface area contributed by atoms with Crippen LogP contribution in [-0.4, -0.2) is 44.8 Å². The second kappa shape index (κ2) is 31.1. The summed E-state index contributed by atoms with van der Waals surface area (Å²) in [7, 11) is 0. The topological polar surface area (TPSA) is 186 Å². The average molecular weight is 1310 g/mol. The molecular weight excluding hydrogens is 1250 g/mol. The summed E-state index contributed by atoms with van der Waals surface area (Å²) in [6.07, 6.45) is 7.03. The SMILES string of the molecule is C(=N\Nc1nc(-c2ccccc2)cs1)/c1ccc(OCc2cc(COc3ccc(/C=N/Nc4nc(-c5ccccc5)cs4)cc3)c(COc3ccc(/C=N/Nc4nc(-c5ccccc5)cs4)cc3)cc2COc2ccc(/C=N/Nc3nc(-c4ccccc4)cs3)cc2)cc1. The third-order valence-corrected chi connectivity index (χ3v) is 17.4. The van der Waals surface area contributed by atoms with E-state index >= 15 is 0 Å². The van der Waals surface area contributed by atoms with Gasteiger partial charge in [0.2, 0.25) is 20.5 Å². The molecule has 13 aromatic rings. The van der Waals surface area contributed by atoms with Gasteiger partial charge in [-0.05, 0) is 154 Å². The maximum absolute atomic E-state index is 6.57. The van der Waals surface area contributed by atoms with Crippen molar-refractivity contribution in [3.63, 3.8) is 0 Å². The van der Waals surface area contributed by atoms with Crippen molar-refractivity contribution in [3.05, 3.63) is 297 Å². The molecule has 0 aliphatic rings. The third-order valence-electron chi connectivity index (χ3n) is 14.4. The van der Waals surface area contributed by atoms with Gasteiger partial charge in [-0.2, -0.15) is 20.4 Å². The van der Waals surface area contributed by atoms with Crippen molar-refractivity contribution in [3.8, 4) is 68.0 Å². The van der Waals surface area contributed by atoms with Crippen molar-refractivity contribution in [1.82, 2.24) is 19.9 Å². The van der Waals surface area contributed by atoms with E-state index in [2.05, 4.69) is 74.2 Å². The van der Waals surface area contributed by atoms with Crippen LogP contribution in [-0.2, 0) is 26.4 Å². The first-order chi connectivity index (χ1) is 46.5. The highest BCUT2D eigenvalue weighted by Gasteiger charge is 2.16. The summed E-state index contributed by atoms with van der Waals surface area (Å²) in [5.41, 5.74) is 27.2. The maximum Gasteiger partial charge on any atom is 0.203 e. The highest BCUT2D eigenvalue weighted by atomic mass is 32.1. The molecule has 462 valence electrons. The first-order valence-corrected chi connectivity index (χ1v) is 33.3. The van der Waals surface area contributed by atoms with Crippen LogP contribution in [0.2, 0.25) is 0 Å². The largest absolute Gasteiger partial charge is 0.489 e. The molecule has 16 nitrogen and oxygen atoms in total. The Labute approximate surface area is 559 Å². The third kappa shape index (κ3) is 17.1. The lowest BCUT2D eigenvalue weighted by atomic mass is 9.99. The lowest BCUT2D eigenvalue weighted by Gasteiger charge is -2.19. The molecular formula is C74H58N12O4S4. The van der Waals surface area contributed by atoms with Crippen LogP contribution in [0.3, 0.4) is 0 Å². The van der Waals surface area contributed by atoms with E-state index in [1.54, 1.807) is 24.9 Å². The van der Waals surface area contributed by atoms with Gasteiger partial charge in [0.25, 0.3) is 0 Å². The van der Waals surface area contributed by atoms with Crippen molar-refractivity contribution >= 4 is 90.7 Å². The van der Waals surface area contributed by atoms with E-state index in [0.29, 0.717) is 43.5 Å². The molecule has 4 heterocycles. The standard InChI is InChI=1S/C74H58N12O4S4/c1-5-13-55(14-6-1)67-47-91-71(79-67)83-75-39-51-21-29-63(30-22-51)87-43-59-37-61(45-89-65-33-25-53(26-34-65)41-77-85-73-81-69(49-93-73)57-17-9-3-10-18-57)62(46-90-66-35-27-54(28-36-66)42-78-86-74-82-70(50-94-74)58-19-11-4-12-20-58)38-60(59)44-88-64-31-23-52(24-32-64)40-76-84-72-80-68(48-92-72)56-15-7-2-8-16-56/h1-42,47-50H,43-46H2,(H,79,83)(H,80,84)(H,81,85)(H,82,86)/b75-39+,76-40+,77-41+,78-42+. The molecule has 4 aromatic heterocycles. The number of hydrogen-bond acceptors (Lipinski definition) is 20. The van der Waals surface area contributed by atoms with Crippen LogP contribution in [0.5, 0.6) is 23.0 Å². The summed E-state index contributed by atoms with van der Waals surface area (Å²) in [6.45, 7) is 0.925. The van der Waals surface area contributed by atoms with Crippen LogP contribution in [0.25, 0.3) is 45.0 Å². The number of nitrogens with one attached hydrogen (secondary N) is 4. The molecule has 0 unspecified atom stereocenters. The second-order valence-corrected chi connectivity index (χ2v) is 24.3. The van der Waals surface area contributed by atoms with Crippen LogP contribution < -0.4 is 40.7 Å². The molecule has 0 fully saturated rings. The number of rotatable bonds is 28. The van der Waals surface area contributed by atoms with Crippen LogP contribution in [0.4, 0.5) is 20.5 Å². The number of hydrazone groups is 4. The highest BCUT2D eigenvalue weighted by molar-refractivity contribution is 7.14. The Morgan fingerprint density at radius 1 is 0.277 bits per heavy atom. The molecule has 94 heavy (non-hydrogen) atoms. The predicted octanol–water partition coefficient (Wildman–Crippen LogP) is 18.3. The summed E-state index contributed by atoms with van der Waals surface area (Å²) in [4.78, 5) is 18.8. The van der Waals surface area contributed by atoms with Gasteiger partial charge in [-0.25, -0.2) is 19.9 Å². The average Bonchev–Trinajstić information content (AvgIpc) is 4.34. The lowest BCUT2D eigenvalue weighted by Crippen LogP contribution is -2.11. The summed E-state index contributed by atoms with van der Waals surface area (Å²) in [6, 6.07) is 75.7. The molecule has 0 amide bonds. The van der Waals surface area contributed by atoms with Crippen LogP contribution in [0.15, 0.2) is 272 Å². The van der Waals surface area contributed by atoms with Gasteiger partial charge in [0.1, 0.15) is 49.4 Å². The van der Waals surface area contributed by atoms with E-state index in [1.807, 2.05) is 240 Å². The van der Waals surface area contributed by atoms with E-state index < -0.39 is 0 Å². The number of ether oxygens (including phenoxy) is 4. The van der Waals surface area contributed by atoms with Crippen LogP contribution >= 0.6 is 45.3 Å². The number of anilines is 4. The molecule has 0 aliphatic carbocycles. The Morgan fingerprint density at radius 3 is 0.702 bits per heavy atom. The normalized spacial score (nSPS) is 11.4. The Kier molecular flexibility index (Phi) is 20.3. The summed E-state index contributed by atoms with van der Waals surface area (Å²) in [5.74, 6) is 2.72. The molecule has 9 aromatic carbocycles. The lowest BCUT2D eigenvalue weighted by molar-refractivity contribution is 0.275. The van der Waals surface area contributed by atoms with Gasteiger partial charge < -0.3 is 18.9 Å². The summed E-state index contributed by atoms with van der Waals surface area (Å²) in [5, 5.41) is 28.7. The molecule has 0 spiro atoms. The van der Waals surface area contributed by atoms with Crippen molar-refractivity contribution in [1.29, 1.82) is 0 Å². The van der Waals surface area contributed by atoms with Gasteiger partial charge >= 0.3 is 0 Å². The van der Waals surface area contributed by atoms with E-state index in [1.165, 1.54) is 45.3 Å². The van der Waals surface area contributed by atoms with Gasteiger partial charge in [0.15, 0.2) is 0 Å². The first-order valence-electron chi connectivity index (χ1n) is 29.8. The number of benzene rings is 9. The van der Waals surface area contributed by atoms with Gasteiger partial charge in [-0.3, -0.25) is 21.7 Å². The molecule has 0 bridgehead atoms. The minimum absolute atomic E-state index is 0.231. The first kappa shape index (κ1) is 61.4. The molecule has 13 rings (SSSR count). The molecule has 4 N–H and O–H groups in total. The Bertz CT molecular complexity index is 4070. The minimum atomic E-state index is 0.231. The van der Waals surface area contributed by atoms with Gasteiger partial charge in [-0.1, -0.05) is 121 Å². The number of aromatic nitrogens is 4. The summed E-state index contributed by atoms with van der Waals surface area (Å²) < 4.78 is 26.3. The molecule has 0 saturated carbocycles. The number of nitrogens with zero attached hydrogens (tertiary/aromatic N) is 8. The quantitative estimate of drug-likeness (QED) is 0.0269. The van der Waals surface area contributed by atoms with Gasteiger partial charge in [0, 0.05) is 43.8 Å². The number of hydrogen-bond donors (Lipinski definition) is 4. The van der Waals surface area contributed by atoms with E-state index in [4.69, 9.17) is 18.9 Å². The molecule has 0 aliphatic heterocycles. The van der Waals surface area contributed by atoms with Crippen molar-refractivity contribution in [2.24, 2.45) is 20.4 Å². The predicted molar refractivity (Wildman–Crippen MR) is 385 cm³/mol. The van der Waals surface area contributed by atoms with E-state index in [9.17, 15) is 0 Å². The minimum Gasteiger partial charge on any atom is -0.489 e. The summed E-state index contributed by atoms with van der Waals surface area (Å²) >= 11 is 5.99. The van der Waals surface area contributed by atoms with Crippen LogP contribution in [0, 0.1) is 0 Å². The Morgan fingerprint density at radius 2 is 0.489 bits per heavy atom. The molecule has 0 radical (unpaired) electrons. The van der Waals surface area contributed by atoms with E-state index in [0.717, 1.165) is 89.5 Å². The second-order valence-electron chi connectivity index (χ2n) is 20.9. The fraction of sp³-hybridized carbons (Fsp3) is 0.0541. The smallest absolute Gasteiger partial charge is 0.203 e. The number of thiazole rings is 4. The van der Waals surface area contributed by atoms with Crippen molar-refractivity contribution in [2.45, 2.75) is 26.4 Å². The Balaban J connectivity index is 0.718. The van der Waals surface area contributed by atoms with Crippen molar-refractivity contribution < 1.29 is 18.9 Å². The molecule has 0 atom stereocenters. The van der Waals surface area contributed by atoms with Gasteiger partial charge in [0.05, 0.1) is 47.6 Å². The fourth-order valence-corrected chi connectivity index (χ4v) is 12.2. The molecule has 20 heteroatoms. The van der Waals surface area contributed by atoms with Crippen LogP contribution in [0.1, 0.15) is 44.5 Å². The highest BCUT2D eigenvalue weighted by Crippen LogP contribution is 2.31. The Hall–Kier alpha value is -11.4. The van der Waals surface area contributed by atoms with Crippen molar-refractivity contribution in [2.75, 3.05) is 21.7 Å². The van der Waals surface area contributed by atoms with Gasteiger partial charge in [-0.15, -0.1) is 45.3 Å².